The molecule has 0 saturated carbocycles. The van der Waals surface area contributed by atoms with E-state index in [1.807, 2.05) is 36.9 Å². The lowest BCUT2D eigenvalue weighted by Gasteiger charge is -2.36. The summed E-state index contributed by atoms with van der Waals surface area (Å²) in [6, 6.07) is 18.2. The molecular weight excluding hydrogens is 460 g/mol. The first kappa shape index (κ1) is 24.8. The predicted molar refractivity (Wildman–Crippen MR) is 148 cm³/mol. The molecular formula is C31H34N4O2. The van der Waals surface area contributed by atoms with Crippen LogP contribution in [0.25, 0.3) is 16.7 Å². The topological polar surface area (TPSA) is 67.2 Å². The smallest absolute Gasteiger partial charge is 0.255 e. The van der Waals surface area contributed by atoms with Gasteiger partial charge in [0.25, 0.3) is 5.91 Å². The Labute approximate surface area is 218 Å². The van der Waals surface area contributed by atoms with Crippen LogP contribution in [-0.2, 0) is 4.79 Å². The maximum absolute atomic E-state index is 14.1. The minimum atomic E-state index is -0.153. The third-order valence-electron chi connectivity index (χ3n) is 7.25. The number of likely N-dealkylation sites (tertiary alicyclic amines) is 1. The molecule has 190 valence electrons. The van der Waals surface area contributed by atoms with Gasteiger partial charge in [-0.1, -0.05) is 35.4 Å². The van der Waals surface area contributed by atoms with Gasteiger partial charge < -0.3 is 10.2 Å². The van der Waals surface area contributed by atoms with Crippen LogP contribution in [0.2, 0.25) is 0 Å². The SMILES string of the molecule is CC(=O)Nc1ccc2c(c1)nc(C1CCCCN1C(=O)c1c(C)cc(C)cc1C)n2-c1ccc(C)cc1. The van der Waals surface area contributed by atoms with E-state index in [0.717, 1.165) is 64.1 Å². The van der Waals surface area contributed by atoms with Crippen molar-refractivity contribution < 1.29 is 9.59 Å². The van der Waals surface area contributed by atoms with Crippen molar-refractivity contribution in [3.05, 3.63) is 88.2 Å². The summed E-state index contributed by atoms with van der Waals surface area (Å²) >= 11 is 0. The van der Waals surface area contributed by atoms with Gasteiger partial charge in [0.15, 0.2) is 0 Å². The van der Waals surface area contributed by atoms with Gasteiger partial charge in [-0.2, -0.15) is 0 Å². The zero-order chi connectivity index (χ0) is 26.3. The molecule has 2 amide bonds. The van der Waals surface area contributed by atoms with E-state index >= 15 is 0 Å². The molecule has 1 aliphatic heterocycles. The Balaban J connectivity index is 1.66. The van der Waals surface area contributed by atoms with Gasteiger partial charge in [0.05, 0.1) is 17.1 Å². The number of nitrogens with one attached hydrogen (secondary N) is 1. The van der Waals surface area contributed by atoms with Crippen molar-refractivity contribution in [3.63, 3.8) is 0 Å². The molecule has 1 aliphatic rings. The van der Waals surface area contributed by atoms with Gasteiger partial charge in [-0.05, 0) is 88.4 Å². The summed E-state index contributed by atoms with van der Waals surface area (Å²) in [6.07, 6.45) is 2.86. The average Bonchev–Trinajstić information content (AvgIpc) is 3.22. The van der Waals surface area contributed by atoms with Gasteiger partial charge in [0.2, 0.25) is 5.91 Å². The number of nitrogens with zero attached hydrogens (tertiary/aromatic N) is 3. The maximum atomic E-state index is 14.1. The third-order valence-corrected chi connectivity index (χ3v) is 7.25. The molecule has 4 aromatic rings. The number of hydrogen-bond donors (Lipinski definition) is 1. The van der Waals surface area contributed by atoms with Crippen LogP contribution in [0.3, 0.4) is 0 Å². The Kier molecular flexibility index (Phi) is 6.59. The van der Waals surface area contributed by atoms with Crippen molar-refractivity contribution >= 4 is 28.5 Å². The number of piperidine rings is 1. The highest BCUT2D eigenvalue weighted by atomic mass is 16.2. The molecule has 1 aromatic heterocycles. The lowest BCUT2D eigenvalue weighted by Crippen LogP contribution is -2.40. The summed E-state index contributed by atoms with van der Waals surface area (Å²) in [6.45, 7) is 10.4. The number of carbonyl (C=O) groups excluding carboxylic acids is 2. The molecule has 1 unspecified atom stereocenters. The van der Waals surface area contributed by atoms with Gasteiger partial charge in [-0.25, -0.2) is 4.98 Å². The number of benzene rings is 3. The molecule has 1 saturated heterocycles. The summed E-state index contributed by atoms with van der Waals surface area (Å²) in [4.78, 5) is 32.9. The van der Waals surface area contributed by atoms with E-state index in [1.165, 1.54) is 12.5 Å². The normalized spacial score (nSPS) is 15.7. The zero-order valence-electron chi connectivity index (χ0n) is 22.3. The number of aromatic nitrogens is 2. The Morgan fingerprint density at radius 2 is 1.59 bits per heavy atom. The molecule has 37 heavy (non-hydrogen) atoms. The molecule has 1 atom stereocenters. The van der Waals surface area contributed by atoms with Gasteiger partial charge in [-0.3, -0.25) is 14.2 Å². The zero-order valence-corrected chi connectivity index (χ0v) is 22.3. The maximum Gasteiger partial charge on any atom is 0.255 e. The number of carbonyl (C=O) groups is 2. The lowest BCUT2D eigenvalue weighted by atomic mass is 9.95. The second kappa shape index (κ2) is 9.85. The van der Waals surface area contributed by atoms with Crippen LogP contribution >= 0.6 is 0 Å². The van der Waals surface area contributed by atoms with Crippen LogP contribution in [0, 0.1) is 27.7 Å². The van der Waals surface area contributed by atoms with Crippen LogP contribution in [-0.4, -0.2) is 32.8 Å². The lowest BCUT2D eigenvalue weighted by molar-refractivity contribution is -0.114. The van der Waals surface area contributed by atoms with Crippen LogP contribution in [0.4, 0.5) is 5.69 Å². The van der Waals surface area contributed by atoms with Gasteiger partial charge in [0.1, 0.15) is 5.82 Å². The van der Waals surface area contributed by atoms with E-state index in [2.05, 4.69) is 60.1 Å². The largest absolute Gasteiger partial charge is 0.328 e. The van der Waals surface area contributed by atoms with E-state index in [1.54, 1.807) is 0 Å². The Bertz CT molecular complexity index is 1480. The van der Waals surface area contributed by atoms with Crippen LogP contribution in [0.5, 0.6) is 0 Å². The van der Waals surface area contributed by atoms with Crippen LogP contribution < -0.4 is 5.32 Å². The summed E-state index contributed by atoms with van der Waals surface area (Å²) in [7, 11) is 0. The van der Waals surface area contributed by atoms with Gasteiger partial charge >= 0.3 is 0 Å². The highest BCUT2D eigenvalue weighted by molar-refractivity contribution is 5.97. The quantitative estimate of drug-likeness (QED) is 0.348. The molecule has 6 heteroatoms. The number of imidazole rings is 1. The van der Waals surface area contributed by atoms with Crippen molar-refractivity contribution in [2.75, 3.05) is 11.9 Å². The van der Waals surface area contributed by atoms with Crippen molar-refractivity contribution in [3.8, 4) is 5.69 Å². The molecule has 0 spiro atoms. The van der Waals surface area contributed by atoms with Crippen molar-refractivity contribution in [1.82, 2.24) is 14.5 Å². The molecule has 0 aliphatic carbocycles. The van der Waals surface area contributed by atoms with Gasteiger partial charge in [0, 0.05) is 30.4 Å². The first-order valence-corrected chi connectivity index (χ1v) is 13.0. The van der Waals surface area contributed by atoms with Crippen LogP contribution in [0.15, 0.2) is 54.6 Å². The Morgan fingerprint density at radius 3 is 2.27 bits per heavy atom. The highest BCUT2D eigenvalue weighted by Gasteiger charge is 2.34. The van der Waals surface area contributed by atoms with Gasteiger partial charge in [-0.15, -0.1) is 0 Å². The van der Waals surface area contributed by atoms with E-state index in [-0.39, 0.29) is 17.9 Å². The standard InChI is InChI=1S/C31H34N4O2/c1-19-9-12-25(13-10-19)35-27-14-11-24(32-23(5)36)18-26(27)33-30(35)28-8-6-7-15-34(28)31(37)29-21(3)16-20(2)17-22(29)4/h9-14,16-18,28H,6-8,15H2,1-5H3,(H,32,36). The fourth-order valence-electron chi connectivity index (χ4n) is 5.67. The fraction of sp³-hybridized carbons (Fsp3) is 0.323. The second-order valence-corrected chi connectivity index (χ2v) is 10.3. The number of hydrogen-bond acceptors (Lipinski definition) is 3. The van der Waals surface area contributed by atoms with Crippen molar-refractivity contribution in [1.29, 1.82) is 0 Å². The minimum Gasteiger partial charge on any atom is -0.328 e. The Hall–Kier alpha value is -3.93. The average molecular weight is 495 g/mol. The fourth-order valence-corrected chi connectivity index (χ4v) is 5.67. The van der Waals surface area contributed by atoms with Crippen LogP contribution in [0.1, 0.15) is 70.7 Å². The molecule has 0 radical (unpaired) electrons. The monoisotopic (exact) mass is 494 g/mol. The Morgan fingerprint density at radius 1 is 0.892 bits per heavy atom. The summed E-state index contributed by atoms with van der Waals surface area (Å²) in [5.74, 6) is 0.806. The molecule has 1 fully saturated rings. The number of anilines is 1. The summed E-state index contributed by atoms with van der Waals surface area (Å²) < 4.78 is 2.18. The number of fused-ring (bicyclic) bond motifs is 1. The molecule has 0 bridgehead atoms. The number of amides is 2. The number of aryl methyl sites for hydroxylation is 4. The van der Waals surface area contributed by atoms with E-state index in [0.29, 0.717) is 12.2 Å². The molecule has 3 aromatic carbocycles. The molecule has 1 N–H and O–H groups in total. The van der Waals surface area contributed by atoms with Crippen molar-refractivity contribution in [2.24, 2.45) is 0 Å². The minimum absolute atomic E-state index is 0.0705. The first-order chi connectivity index (χ1) is 17.7. The first-order valence-electron chi connectivity index (χ1n) is 13.0. The summed E-state index contributed by atoms with van der Waals surface area (Å²) in [5, 5.41) is 2.87. The molecule has 5 rings (SSSR count). The third kappa shape index (κ3) is 4.76. The second-order valence-electron chi connectivity index (χ2n) is 10.3. The predicted octanol–water partition coefficient (Wildman–Crippen LogP) is 6.58. The van der Waals surface area contributed by atoms with Crippen molar-refractivity contribution in [2.45, 2.75) is 59.9 Å². The van der Waals surface area contributed by atoms with E-state index in [9.17, 15) is 9.59 Å². The summed E-state index contributed by atoms with van der Waals surface area (Å²) in [5.41, 5.74) is 8.64. The molecule has 6 nitrogen and oxygen atoms in total. The number of rotatable bonds is 4. The van der Waals surface area contributed by atoms with E-state index in [4.69, 9.17) is 4.98 Å². The molecule has 2 heterocycles. The highest BCUT2D eigenvalue weighted by Crippen LogP contribution is 2.36. The van der Waals surface area contributed by atoms with E-state index < -0.39 is 0 Å².